The van der Waals surface area contributed by atoms with Crippen molar-refractivity contribution in [3.05, 3.63) is 114 Å². The fourth-order valence-corrected chi connectivity index (χ4v) is 9.88. The average Bonchev–Trinajstić information content (AvgIpc) is 3.44. The second-order valence-corrected chi connectivity index (χ2v) is 17.3. The molecule has 0 aromatic heterocycles. The molecular weight excluding hydrogens is 723 g/mol. The Morgan fingerprint density at radius 3 is 2.07 bits per heavy atom. The molecule has 0 spiro atoms. The van der Waals surface area contributed by atoms with Crippen molar-refractivity contribution in [2.45, 2.75) is 89.1 Å². The minimum absolute atomic E-state index is 0.00938. The van der Waals surface area contributed by atoms with Crippen LogP contribution in [0, 0.1) is 23.2 Å². The molecule has 0 radical (unpaired) electrons. The highest BCUT2D eigenvalue weighted by molar-refractivity contribution is 7.99. The number of esters is 1. The number of rotatable bonds is 14. The standard InChI is InChI=1S/C46H55N3O6S/c1-46(2)26-14-27-48(37-19-11-6-12-20-37)44(53)41(46)47-42(51)35(30-33-17-9-5-10-18-33)24-23-34(29-32-15-7-4-8-16-32)39(50)31-36-25-28-56-40-22-13-21-38(45(54)55-3)49(40)43(36)52/h4-12,14-20,26,34-36,38,40-41H,13,21-25,27-31H2,1-3H3,(H,47,51)/t34-,35-,36-,38+,40+,41-/m1/s1. The first kappa shape index (κ1) is 40.9. The van der Waals surface area contributed by atoms with E-state index < -0.39 is 41.2 Å². The quantitative estimate of drug-likeness (QED) is 0.136. The summed E-state index contributed by atoms with van der Waals surface area (Å²) in [5.41, 5.74) is 2.12. The number of para-hydroxylation sites is 1. The maximum atomic E-state index is 14.5. The normalized spacial score (nSPS) is 23.3. The molecular formula is C46H55N3O6S. The topological polar surface area (TPSA) is 113 Å². The monoisotopic (exact) mass is 777 g/mol. The van der Waals surface area contributed by atoms with Crippen molar-refractivity contribution in [1.82, 2.24) is 10.2 Å². The zero-order chi connectivity index (χ0) is 39.7. The van der Waals surface area contributed by atoms with E-state index in [2.05, 4.69) is 5.32 Å². The van der Waals surface area contributed by atoms with Crippen LogP contribution in [0.15, 0.2) is 103 Å². The number of nitrogens with zero attached hydrogens (tertiary/aromatic N) is 2. The van der Waals surface area contributed by atoms with Gasteiger partial charge >= 0.3 is 5.97 Å². The van der Waals surface area contributed by atoms with E-state index in [-0.39, 0.29) is 35.3 Å². The number of nitrogens with one attached hydrogen (secondary N) is 1. The molecule has 2 fully saturated rings. The molecule has 296 valence electrons. The molecule has 1 N–H and O–H groups in total. The van der Waals surface area contributed by atoms with E-state index in [9.17, 15) is 24.0 Å². The lowest BCUT2D eigenvalue weighted by atomic mass is 9.81. The van der Waals surface area contributed by atoms with E-state index in [0.717, 1.165) is 35.4 Å². The predicted octanol–water partition coefficient (Wildman–Crippen LogP) is 7.19. The molecule has 56 heavy (non-hydrogen) atoms. The van der Waals surface area contributed by atoms with Crippen LogP contribution in [-0.2, 0) is 41.6 Å². The summed E-state index contributed by atoms with van der Waals surface area (Å²) in [5, 5.41) is 3.09. The Kier molecular flexibility index (Phi) is 13.9. The molecule has 9 nitrogen and oxygen atoms in total. The van der Waals surface area contributed by atoms with Crippen LogP contribution in [0.1, 0.15) is 69.9 Å². The van der Waals surface area contributed by atoms with E-state index in [4.69, 9.17) is 4.74 Å². The zero-order valence-electron chi connectivity index (χ0n) is 32.8. The summed E-state index contributed by atoms with van der Waals surface area (Å²) in [6.07, 6.45) is 8.62. The first-order valence-corrected chi connectivity index (χ1v) is 21.1. The van der Waals surface area contributed by atoms with Crippen LogP contribution < -0.4 is 10.2 Å². The average molecular weight is 778 g/mol. The molecule has 2 saturated heterocycles. The Morgan fingerprint density at radius 1 is 0.821 bits per heavy atom. The summed E-state index contributed by atoms with van der Waals surface area (Å²) in [6.45, 7) is 4.34. The number of hydrogen-bond acceptors (Lipinski definition) is 7. The third-order valence-corrected chi connectivity index (χ3v) is 13.0. The highest BCUT2D eigenvalue weighted by Crippen LogP contribution is 2.38. The van der Waals surface area contributed by atoms with Gasteiger partial charge in [0.05, 0.1) is 12.5 Å². The predicted molar refractivity (Wildman–Crippen MR) is 221 cm³/mol. The molecule has 0 saturated carbocycles. The van der Waals surface area contributed by atoms with Gasteiger partial charge in [-0.1, -0.05) is 105 Å². The first-order chi connectivity index (χ1) is 27.1. The van der Waals surface area contributed by atoms with Crippen LogP contribution in [0.3, 0.4) is 0 Å². The lowest BCUT2D eigenvalue weighted by Gasteiger charge is -2.40. The molecule has 3 aromatic carbocycles. The smallest absolute Gasteiger partial charge is 0.328 e. The van der Waals surface area contributed by atoms with Gasteiger partial charge in [-0.05, 0) is 80.4 Å². The van der Waals surface area contributed by atoms with Gasteiger partial charge in [0.15, 0.2) is 0 Å². The number of benzene rings is 3. The number of Topliss-reactive ketones (excluding diaryl/α,β-unsaturated/α-hetero) is 1. The van der Waals surface area contributed by atoms with Crippen molar-refractivity contribution in [2.75, 3.05) is 24.3 Å². The van der Waals surface area contributed by atoms with Gasteiger partial charge < -0.3 is 19.9 Å². The number of ether oxygens (including phenoxy) is 1. The number of fused-ring (bicyclic) bond motifs is 1. The highest BCUT2D eigenvalue weighted by atomic mass is 32.2. The zero-order valence-corrected chi connectivity index (χ0v) is 33.6. The maximum absolute atomic E-state index is 14.5. The minimum Gasteiger partial charge on any atom is -0.467 e. The number of amides is 3. The van der Waals surface area contributed by atoms with Crippen molar-refractivity contribution in [3.63, 3.8) is 0 Å². The molecule has 3 heterocycles. The summed E-state index contributed by atoms with van der Waals surface area (Å²) in [5.74, 6) is -1.71. The summed E-state index contributed by atoms with van der Waals surface area (Å²) in [7, 11) is 1.35. The molecule has 3 amide bonds. The van der Waals surface area contributed by atoms with E-state index in [1.54, 1.807) is 21.6 Å². The van der Waals surface area contributed by atoms with Crippen molar-refractivity contribution < 1.29 is 28.7 Å². The fraction of sp³-hybridized carbons (Fsp3) is 0.457. The van der Waals surface area contributed by atoms with E-state index in [1.807, 2.05) is 117 Å². The molecule has 0 bridgehead atoms. The lowest BCUT2D eigenvalue weighted by Crippen LogP contribution is -2.55. The second kappa shape index (κ2) is 19.0. The van der Waals surface area contributed by atoms with Crippen LogP contribution >= 0.6 is 11.8 Å². The number of anilines is 1. The van der Waals surface area contributed by atoms with E-state index in [0.29, 0.717) is 45.1 Å². The van der Waals surface area contributed by atoms with Gasteiger partial charge in [0.1, 0.15) is 17.9 Å². The molecule has 6 rings (SSSR count). The van der Waals surface area contributed by atoms with Gasteiger partial charge in [-0.3, -0.25) is 19.2 Å². The van der Waals surface area contributed by atoms with Crippen molar-refractivity contribution >= 4 is 46.9 Å². The third kappa shape index (κ3) is 9.99. The fourth-order valence-electron chi connectivity index (χ4n) is 8.44. The Balaban J connectivity index is 1.23. The number of carbonyl (C=O) groups is 5. The highest BCUT2D eigenvalue weighted by Gasteiger charge is 2.44. The van der Waals surface area contributed by atoms with Crippen LogP contribution in [0.25, 0.3) is 0 Å². The Morgan fingerprint density at radius 2 is 1.43 bits per heavy atom. The first-order valence-electron chi connectivity index (χ1n) is 20.0. The van der Waals surface area contributed by atoms with Crippen LogP contribution in [0.2, 0.25) is 0 Å². The summed E-state index contributed by atoms with van der Waals surface area (Å²) in [6, 6.07) is 27.8. The summed E-state index contributed by atoms with van der Waals surface area (Å²) in [4.78, 5) is 73.5. The van der Waals surface area contributed by atoms with Crippen molar-refractivity contribution in [2.24, 2.45) is 23.2 Å². The molecule has 6 atom stereocenters. The number of ketones is 1. The Hall–Kier alpha value is -4.70. The molecule has 10 heteroatoms. The van der Waals surface area contributed by atoms with E-state index >= 15 is 0 Å². The summed E-state index contributed by atoms with van der Waals surface area (Å²) >= 11 is 1.69. The minimum atomic E-state index is -0.805. The lowest BCUT2D eigenvalue weighted by molar-refractivity contribution is -0.157. The third-order valence-electron chi connectivity index (χ3n) is 11.7. The largest absolute Gasteiger partial charge is 0.467 e. The van der Waals surface area contributed by atoms with Crippen molar-refractivity contribution in [1.29, 1.82) is 0 Å². The van der Waals surface area contributed by atoms with Gasteiger partial charge in [-0.2, -0.15) is 0 Å². The van der Waals surface area contributed by atoms with Crippen molar-refractivity contribution in [3.8, 4) is 0 Å². The number of methoxy groups -OCH3 is 1. The van der Waals surface area contributed by atoms with Gasteiger partial charge in [0.25, 0.3) is 5.91 Å². The van der Waals surface area contributed by atoms with Gasteiger partial charge in [-0.25, -0.2) is 4.79 Å². The molecule has 3 aromatic rings. The van der Waals surface area contributed by atoms with Gasteiger partial charge in [0.2, 0.25) is 11.8 Å². The van der Waals surface area contributed by atoms with E-state index in [1.165, 1.54) is 7.11 Å². The van der Waals surface area contributed by atoms with Gasteiger partial charge in [-0.15, -0.1) is 11.8 Å². The molecule has 3 aliphatic rings. The van der Waals surface area contributed by atoms with Crippen LogP contribution in [-0.4, -0.2) is 71.2 Å². The summed E-state index contributed by atoms with van der Waals surface area (Å²) < 4.78 is 5.10. The number of carbonyl (C=O) groups excluding carboxylic acids is 5. The van der Waals surface area contributed by atoms with Gasteiger partial charge in [0, 0.05) is 41.8 Å². The molecule has 3 aliphatic heterocycles. The SMILES string of the molecule is COC(=O)[C@@H]1CCC[C@@H]2SCC[C@H](CC(=O)[C@H](CC[C@H](Cc3ccccc3)C(=O)N[C@@H]3C(=O)N(c4ccccc4)CC=CC3(C)C)Cc3ccccc3)C(=O)N21. The van der Waals surface area contributed by atoms with Crippen LogP contribution in [0.5, 0.6) is 0 Å². The maximum Gasteiger partial charge on any atom is 0.328 e. The Bertz CT molecular complexity index is 1850. The second-order valence-electron chi connectivity index (χ2n) is 16.0. The number of piperidine rings is 1. The number of hydrogen-bond donors (Lipinski definition) is 1. The Labute approximate surface area is 335 Å². The van der Waals surface area contributed by atoms with Crippen LogP contribution in [0.4, 0.5) is 5.69 Å². The molecule has 0 unspecified atom stereocenters. The molecule has 0 aliphatic carbocycles. The number of thioether (sulfide) groups is 1.